The van der Waals surface area contributed by atoms with Gasteiger partial charge in [0.1, 0.15) is 0 Å². The Balaban J connectivity index is 1.27. The van der Waals surface area contributed by atoms with E-state index in [1.807, 2.05) is 11.3 Å². The highest BCUT2D eigenvalue weighted by Gasteiger charge is 2.42. The van der Waals surface area contributed by atoms with Gasteiger partial charge in [-0.3, -0.25) is 0 Å². The molecule has 5 heterocycles. The van der Waals surface area contributed by atoms with E-state index in [9.17, 15) is 0 Å². The molecule has 0 fully saturated rings. The normalized spacial score (nSPS) is 12.9. The molecule has 3 nitrogen and oxygen atoms in total. The zero-order chi connectivity index (χ0) is 34.4. The number of hydrogen-bond donors (Lipinski definition) is 0. The molecule has 8 aromatic carbocycles. The Kier molecular flexibility index (Phi) is 5.33. The van der Waals surface area contributed by atoms with Crippen molar-refractivity contribution in [3.63, 3.8) is 0 Å². The summed E-state index contributed by atoms with van der Waals surface area (Å²) in [6.07, 6.45) is 0. The third kappa shape index (κ3) is 3.50. The second kappa shape index (κ2) is 10.1. The van der Waals surface area contributed by atoms with E-state index in [4.69, 9.17) is 0 Å². The Morgan fingerprint density at radius 3 is 1.74 bits per heavy atom. The average Bonchev–Trinajstić information content (AvgIpc) is 3.88. The number of para-hydroxylation sites is 5. The van der Waals surface area contributed by atoms with Crippen LogP contribution in [0.25, 0.3) is 75.2 Å². The van der Waals surface area contributed by atoms with Crippen molar-refractivity contribution in [2.45, 2.75) is 0 Å². The molecule has 3 aromatic heterocycles. The molecule has 0 bridgehead atoms. The molecule has 53 heavy (non-hydrogen) atoms. The van der Waals surface area contributed by atoms with Crippen molar-refractivity contribution in [1.29, 1.82) is 0 Å². The van der Waals surface area contributed by atoms with Gasteiger partial charge >= 0.3 is 0 Å². The molecule has 5 heteroatoms. The lowest BCUT2D eigenvalue weighted by atomic mass is 9.34. The van der Waals surface area contributed by atoms with Crippen molar-refractivity contribution in [2.75, 3.05) is 4.90 Å². The van der Waals surface area contributed by atoms with E-state index in [0.29, 0.717) is 0 Å². The highest BCUT2D eigenvalue weighted by molar-refractivity contribution is 7.26. The van der Waals surface area contributed by atoms with Gasteiger partial charge in [-0.25, -0.2) is 0 Å². The maximum Gasteiger partial charge on any atom is 0.252 e. The lowest BCUT2D eigenvalue weighted by Crippen LogP contribution is -2.59. The number of benzene rings is 8. The zero-order valence-electron chi connectivity index (χ0n) is 28.5. The van der Waals surface area contributed by atoms with Gasteiger partial charge in [-0.2, -0.15) is 0 Å². The van der Waals surface area contributed by atoms with Crippen LogP contribution in [0, 0.1) is 0 Å². The second-order valence-electron chi connectivity index (χ2n) is 14.4. The lowest BCUT2D eigenvalue weighted by molar-refractivity contribution is 1.13. The van der Waals surface area contributed by atoms with Crippen molar-refractivity contribution in [3.8, 4) is 11.4 Å². The summed E-state index contributed by atoms with van der Waals surface area (Å²) < 4.78 is 7.87. The summed E-state index contributed by atoms with van der Waals surface area (Å²) in [4.78, 5) is 2.42. The van der Waals surface area contributed by atoms with Gasteiger partial charge in [0.15, 0.2) is 0 Å². The van der Waals surface area contributed by atoms with Crippen LogP contribution in [0.3, 0.4) is 0 Å². The molecular weight excluding hydrogens is 661 g/mol. The molecule has 0 amide bonds. The summed E-state index contributed by atoms with van der Waals surface area (Å²) in [5.74, 6) is 0. The van der Waals surface area contributed by atoms with Gasteiger partial charge < -0.3 is 14.0 Å². The van der Waals surface area contributed by atoms with E-state index in [1.54, 1.807) is 0 Å². The molecule has 0 radical (unpaired) electrons. The van der Waals surface area contributed by atoms with Crippen LogP contribution in [-0.2, 0) is 0 Å². The quantitative estimate of drug-likeness (QED) is 0.168. The summed E-state index contributed by atoms with van der Waals surface area (Å²) in [6.45, 7) is 0.0744. The highest BCUT2D eigenvalue weighted by Crippen LogP contribution is 2.46. The van der Waals surface area contributed by atoms with Crippen LogP contribution in [0.2, 0.25) is 0 Å². The Bertz CT molecular complexity index is 3320. The minimum Gasteiger partial charge on any atom is -0.310 e. The molecule has 0 saturated heterocycles. The number of fused-ring (bicyclic) bond motifs is 14. The van der Waals surface area contributed by atoms with Gasteiger partial charge in [0.05, 0.1) is 22.2 Å². The maximum absolute atomic E-state index is 2.61. The maximum atomic E-state index is 2.61. The third-order valence-electron chi connectivity index (χ3n) is 11.8. The Morgan fingerprint density at radius 1 is 0.415 bits per heavy atom. The lowest BCUT2D eigenvalue weighted by Gasteiger charge is -2.35. The van der Waals surface area contributed by atoms with E-state index in [0.717, 1.165) is 17.1 Å². The first-order valence-corrected chi connectivity index (χ1v) is 19.1. The molecule has 2 aliphatic rings. The molecule has 13 rings (SSSR count). The first kappa shape index (κ1) is 28.1. The monoisotopic (exact) mass is 689 g/mol. The van der Waals surface area contributed by atoms with Crippen molar-refractivity contribution in [3.05, 3.63) is 170 Å². The smallest absolute Gasteiger partial charge is 0.252 e. The summed E-state index contributed by atoms with van der Waals surface area (Å²) in [5.41, 5.74) is 15.2. The molecule has 0 aliphatic carbocycles. The summed E-state index contributed by atoms with van der Waals surface area (Å²) in [7, 11) is 0. The van der Waals surface area contributed by atoms with Crippen LogP contribution in [0.5, 0.6) is 0 Å². The minimum atomic E-state index is 0.0744. The fourth-order valence-electron chi connectivity index (χ4n) is 9.88. The fourth-order valence-corrected chi connectivity index (χ4v) is 11.0. The average molecular weight is 690 g/mol. The summed E-state index contributed by atoms with van der Waals surface area (Å²) >= 11 is 1.93. The number of rotatable bonds is 3. The minimum absolute atomic E-state index is 0.0744. The van der Waals surface area contributed by atoms with E-state index in [2.05, 4.69) is 184 Å². The Morgan fingerprint density at radius 2 is 1.00 bits per heavy atom. The molecule has 0 saturated carbocycles. The van der Waals surface area contributed by atoms with E-state index >= 15 is 0 Å². The molecule has 11 aromatic rings. The summed E-state index contributed by atoms with van der Waals surface area (Å²) in [5, 5.41) is 7.99. The van der Waals surface area contributed by atoms with Gasteiger partial charge in [-0.1, -0.05) is 109 Å². The molecule has 0 spiro atoms. The first-order chi connectivity index (χ1) is 26.3. The van der Waals surface area contributed by atoms with Gasteiger partial charge in [0.25, 0.3) is 6.71 Å². The van der Waals surface area contributed by atoms with E-state index in [-0.39, 0.29) is 6.71 Å². The predicted octanol–water partition coefficient (Wildman–Crippen LogP) is 10.9. The van der Waals surface area contributed by atoms with Crippen molar-refractivity contribution >= 4 is 115 Å². The number of anilines is 3. The van der Waals surface area contributed by atoms with Crippen LogP contribution in [-0.4, -0.2) is 15.8 Å². The molecule has 0 N–H and O–H groups in total. The second-order valence-corrected chi connectivity index (χ2v) is 15.5. The molecular formula is C48H28BN3S. The van der Waals surface area contributed by atoms with Crippen LogP contribution in [0.1, 0.15) is 0 Å². The van der Waals surface area contributed by atoms with Crippen molar-refractivity contribution < 1.29 is 0 Å². The van der Waals surface area contributed by atoms with Crippen molar-refractivity contribution in [1.82, 2.24) is 9.13 Å². The topological polar surface area (TPSA) is 13.1 Å². The molecule has 0 unspecified atom stereocenters. The number of hydrogen-bond acceptors (Lipinski definition) is 2. The third-order valence-corrected chi connectivity index (χ3v) is 13.0. The predicted molar refractivity (Wildman–Crippen MR) is 227 cm³/mol. The van der Waals surface area contributed by atoms with Gasteiger partial charge in [0, 0.05) is 70.0 Å². The van der Waals surface area contributed by atoms with Gasteiger partial charge in [-0.05, 0) is 77.1 Å². The first-order valence-electron chi connectivity index (χ1n) is 18.3. The van der Waals surface area contributed by atoms with Crippen LogP contribution in [0.4, 0.5) is 17.1 Å². The highest BCUT2D eigenvalue weighted by atomic mass is 32.1. The largest absolute Gasteiger partial charge is 0.310 e. The summed E-state index contributed by atoms with van der Waals surface area (Å²) in [6, 6.07) is 63.1. The molecule has 0 atom stereocenters. The zero-order valence-corrected chi connectivity index (χ0v) is 29.3. The Hall–Kier alpha value is -6.56. The number of thiophene rings is 1. The van der Waals surface area contributed by atoms with Crippen molar-refractivity contribution in [2.24, 2.45) is 0 Å². The number of aromatic nitrogens is 2. The van der Waals surface area contributed by atoms with Gasteiger partial charge in [0.2, 0.25) is 0 Å². The fraction of sp³-hybridized carbons (Fsp3) is 0. The van der Waals surface area contributed by atoms with E-state index in [1.165, 1.54) is 91.5 Å². The molecule has 2 aliphatic heterocycles. The van der Waals surface area contributed by atoms with Crippen LogP contribution >= 0.6 is 11.3 Å². The van der Waals surface area contributed by atoms with E-state index < -0.39 is 0 Å². The van der Waals surface area contributed by atoms with Gasteiger partial charge in [-0.15, -0.1) is 11.3 Å². The Labute approximate surface area is 309 Å². The molecule has 244 valence electrons. The SMILES string of the molecule is c1ccc(N(c2ccccc2)c2cc3c4c(c2)-n2c5ccccc5c5c6c(cc(c52)B4c2cccc4c5ccccc5n-3c24)sc2ccccc26)cc1. The standard InChI is InChI=1S/C48H28BN3S/c1-3-14-29(15-4-1)50(30-16-5-2-6-17-30)31-26-40-46-41(27-31)52-39-24-11-8-19-34(39)45-44-35-20-9-12-25-42(35)53-43(44)28-37(48(45)52)49(46)36-22-13-21-33-32-18-7-10-23-38(32)51(40)47(33)36/h1-28H. The van der Waals surface area contributed by atoms with Crippen LogP contribution < -0.4 is 21.3 Å². The number of nitrogens with zero attached hydrogens (tertiary/aromatic N) is 3. The van der Waals surface area contributed by atoms with Crippen LogP contribution in [0.15, 0.2) is 170 Å².